The molecular weight excluding hydrogens is 881 g/mol. The van der Waals surface area contributed by atoms with E-state index < -0.39 is 134 Å². The van der Waals surface area contributed by atoms with Crippen LogP contribution >= 0.6 is 0 Å². The maximum Gasteiger partial charge on any atom is 0.315 e. The molecule has 3 aliphatic heterocycles. The normalized spacial score (nSPS) is 56.7. The number of carbonyl (C=O) groups excluding carboxylic acids is 1. The van der Waals surface area contributed by atoms with Gasteiger partial charge >= 0.3 is 5.97 Å². The van der Waals surface area contributed by atoms with Gasteiger partial charge < -0.3 is 89.7 Å². The van der Waals surface area contributed by atoms with Crippen molar-refractivity contribution in [3.05, 3.63) is 11.6 Å². The SMILES string of the molecule is C[C@H]1[C@H](C)CC[C@]2(C(=O)O[C@@H]3O[C@H](CO[C@@H]4O[C@H](CO)[C@@H](O[C@@H]5O[C@@H](C)[C@H](O)[C@@H](O)[C@H]5O)[C@H](O)[C@H]4O)[C@@H](O)[C@H](O)[C@H]3O)CC[C@]3(C)C(=CC[C@@H]4[C@@]5(C)C[C@@H](O)[C@H](O)[C@@](C)(CO)[C@H]5CC[C@]43C)[C@H]12. The third kappa shape index (κ3) is 7.92. The van der Waals surface area contributed by atoms with Crippen LogP contribution in [0.2, 0.25) is 0 Å². The Kier molecular flexibility index (Phi) is 14.4. The van der Waals surface area contributed by atoms with E-state index in [-0.39, 0.29) is 52.4 Å². The number of aliphatic hydroxyl groups excluding tert-OH is 12. The Morgan fingerprint density at radius 3 is 2.01 bits per heavy atom. The minimum Gasteiger partial charge on any atom is -0.432 e. The summed E-state index contributed by atoms with van der Waals surface area (Å²) in [5.41, 5.74) is -1.64. The Balaban J connectivity index is 0.985. The molecule has 27 atom stereocenters. The second-order valence-electron chi connectivity index (χ2n) is 22.9. The summed E-state index contributed by atoms with van der Waals surface area (Å²) in [7, 11) is 0. The Morgan fingerprint density at radius 2 is 1.34 bits per heavy atom. The summed E-state index contributed by atoms with van der Waals surface area (Å²) in [5.74, 6) is -0.386. The lowest BCUT2D eigenvalue weighted by atomic mass is 9.33. The molecule has 0 unspecified atom stereocenters. The van der Waals surface area contributed by atoms with E-state index in [2.05, 4.69) is 40.7 Å². The number of fused-ring (bicyclic) bond motifs is 7. The fourth-order valence-electron chi connectivity index (χ4n) is 15.2. The third-order valence-electron chi connectivity index (χ3n) is 19.7. The average Bonchev–Trinajstić information content (AvgIpc) is 3.29. The lowest BCUT2D eigenvalue weighted by Crippen LogP contribution is -2.68. The summed E-state index contributed by atoms with van der Waals surface area (Å²) in [4.78, 5) is 15.0. The van der Waals surface area contributed by atoms with Gasteiger partial charge in [-0.3, -0.25) is 4.79 Å². The van der Waals surface area contributed by atoms with Crippen LogP contribution in [0, 0.1) is 56.7 Å². The zero-order valence-corrected chi connectivity index (χ0v) is 39.8. The second-order valence-corrected chi connectivity index (χ2v) is 22.9. The van der Waals surface area contributed by atoms with Crippen molar-refractivity contribution in [1.29, 1.82) is 0 Å². The van der Waals surface area contributed by atoms with Gasteiger partial charge in [-0.05, 0) is 104 Å². The van der Waals surface area contributed by atoms with Gasteiger partial charge in [0.25, 0.3) is 0 Å². The number of hydrogen-bond acceptors (Lipinski definition) is 19. The maximum atomic E-state index is 15.0. The lowest BCUT2D eigenvalue weighted by molar-refractivity contribution is -0.361. The number of ether oxygens (including phenoxy) is 6. The Hall–Kier alpha value is -1.47. The van der Waals surface area contributed by atoms with Crippen LogP contribution in [-0.4, -0.2) is 191 Å². The minimum absolute atomic E-state index is 0.0112. The predicted molar refractivity (Wildman–Crippen MR) is 231 cm³/mol. The molecule has 67 heavy (non-hydrogen) atoms. The summed E-state index contributed by atoms with van der Waals surface area (Å²) >= 11 is 0. The zero-order valence-electron chi connectivity index (χ0n) is 39.8. The Labute approximate surface area is 392 Å². The molecule has 19 heteroatoms. The van der Waals surface area contributed by atoms with E-state index in [0.29, 0.717) is 32.1 Å². The molecule has 5 aliphatic carbocycles. The molecule has 0 amide bonds. The Morgan fingerprint density at radius 1 is 0.701 bits per heavy atom. The lowest BCUT2D eigenvalue weighted by Gasteiger charge is -2.71. The van der Waals surface area contributed by atoms with E-state index in [1.165, 1.54) is 12.5 Å². The smallest absolute Gasteiger partial charge is 0.315 e. The van der Waals surface area contributed by atoms with Crippen LogP contribution in [0.25, 0.3) is 0 Å². The van der Waals surface area contributed by atoms with Crippen LogP contribution in [-0.2, 0) is 33.2 Å². The molecule has 0 aromatic carbocycles. The van der Waals surface area contributed by atoms with Crippen molar-refractivity contribution < 1.29 is 94.5 Å². The molecule has 0 aromatic rings. The quantitative estimate of drug-likeness (QED) is 0.0971. The van der Waals surface area contributed by atoms with Crippen LogP contribution in [0.1, 0.15) is 99.8 Å². The monoisotopic (exact) mass is 959 g/mol. The summed E-state index contributed by atoms with van der Waals surface area (Å²) in [5, 5.41) is 130. The van der Waals surface area contributed by atoms with Crippen molar-refractivity contribution in [2.75, 3.05) is 19.8 Å². The first-order chi connectivity index (χ1) is 31.4. The van der Waals surface area contributed by atoms with Crippen molar-refractivity contribution in [3.63, 3.8) is 0 Å². The van der Waals surface area contributed by atoms with Crippen molar-refractivity contribution in [2.45, 2.75) is 204 Å². The van der Waals surface area contributed by atoms with Gasteiger partial charge in [0.1, 0.15) is 67.1 Å². The number of esters is 1. The highest BCUT2D eigenvalue weighted by Gasteiger charge is 2.71. The van der Waals surface area contributed by atoms with E-state index in [0.717, 1.165) is 19.3 Å². The first-order valence-corrected chi connectivity index (χ1v) is 24.5. The van der Waals surface area contributed by atoms with Gasteiger partial charge in [-0.2, -0.15) is 0 Å². The number of carbonyl (C=O) groups is 1. The van der Waals surface area contributed by atoms with Crippen molar-refractivity contribution in [3.8, 4) is 0 Å². The predicted octanol–water partition coefficient (Wildman–Crippen LogP) is -1.03. The number of rotatable bonds is 9. The molecule has 4 saturated carbocycles. The first kappa shape index (κ1) is 51.9. The van der Waals surface area contributed by atoms with Gasteiger partial charge in [-0.15, -0.1) is 0 Å². The molecule has 19 nitrogen and oxygen atoms in total. The molecule has 0 spiro atoms. The molecule has 3 saturated heterocycles. The largest absolute Gasteiger partial charge is 0.432 e. The molecular formula is C48H78O19. The van der Waals surface area contributed by atoms with E-state index in [1.54, 1.807) is 0 Å². The van der Waals surface area contributed by atoms with Crippen LogP contribution in [0.4, 0.5) is 0 Å². The van der Waals surface area contributed by atoms with Crippen molar-refractivity contribution in [2.24, 2.45) is 56.7 Å². The summed E-state index contributed by atoms with van der Waals surface area (Å²) in [6, 6.07) is 0. The number of aliphatic hydroxyl groups is 12. The summed E-state index contributed by atoms with van der Waals surface area (Å²) in [6.07, 6.45) is -18.9. The van der Waals surface area contributed by atoms with Gasteiger partial charge in [0, 0.05) is 5.41 Å². The van der Waals surface area contributed by atoms with Crippen LogP contribution in [0.15, 0.2) is 11.6 Å². The molecule has 8 rings (SSSR count). The van der Waals surface area contributed by atoms with Crippen LogP contribution in [0.3, 0.4) is 0 Å². The molecule has 12 N–H and O–H groups in total. The van der Waals surface area contributed by atoms with Crippen molar-refractivity contribution >= 4 is 5.97 Å². The standard InChI is InChI=1S/C48H78O19/c1-20-10-13-48(15-14-46(6)23(29(48)21(20)2)8-9-28-44(4)16-24(51)39(60)45(5,19-50)27(44)11-12-47(28,46)7)43(61)67-42-36(58)33(55)31(53)26(65-42)18-62-40-37(59)34(56)38(25(17-49)64-40)66-41-35(57)32(54)30(52)22(3)63-41/h8,20-22,24-42,49-60H,9-19H2,1-7H3/t20-,21+,22+,24-,25-,26-,27+,28-,29+,30+,31-,32-,33+,34-,35-,36-,37-,38-,39+,40-,41+,42+,44+,45+,46-,47-,48+/m1/s1. The van der Waals surface area contributed by atoms with Gasteiger partial charge in [0.2, 0.25) is 6.29 Å². The molecule has 384 valence electrons. The fraction of sp³-hybridized carbons (Fsp3) is 0.938. The van der Waals surface area contributed by atoms with Gasteiger partial charge in [0.15, 0.2) is 12.6 Å². The van der Waals surface area contributed by atoms with Crippen molar-refractivity contribution in [1.82, 2.24) is 0 Å². The molecule has 0 bridgehead atoms. The van der Waals surface area contributed by atoms with Gasteiger partial charge in [-0.1, -0.05) is 53.2 Å². The summed E-state index contributed by atoms with van der Waals surface area (Å²) < 4.78 is 34.7. The average molecular weight is 959 g/mol. The van der Waals surface area contributed by atoms with E-state index in [4.69, 9.17) is 28.4 Å². The number of hydrogen-bond donors (Lipinski definition) is 12. The van der Waals surface area contributed by atoms with E-state index >= 15 is 4.79 Å². The number of allylic oxidation sites excluding steroid dienone is 2. The summed E-state index contributed by atoms with van der Waals surface area (Å²) in [6.45, 7) is 13.0. The highest BCUT2D eigenvalue weighted by molar-refractivity contribution is 5.79. The fourth-order valence-corrected chi connectivity index (χ4v) is 15.2. The molecule has 0 radical (unpaired) electrons. The van der Waals surface area contributed by atoms with Crippen LogP contribution in [0.5, 0.6) is 0 Å². The highest BCUT2D eigenvalue weighted by atomic mass is 16.8. The Bertz CT molecular complexity index is 1820. The topological polar surface area (TPSA) is 315 Å². The van der Waals surface area contributed by atoms with Gasteiger partial charge in [0.05, 0.1) is 43.5 Å². The van der Waals surface area contributed by atoms with Gasteiger partial charge in [-0.25, -0.2) is 0 Å². The van der Waals surface area contributed by atoms with E-state index in [9.17, 15) is 61.3 Å². The first-order valence-electron chi connectivity index (χ1n) is 24.5. The second kappa shape index (κ2) is 18.5. The molecule has 3 heterocycles. The van der Waals surface area contributed by atoms with E-state index in [1.807, 2.05) is 6.92 Å². The van der Waals surface area contributed by atoms with Crippen LogP contribution < -0.4 is 0 Å². The molecule has 8 aliphatic rings. The molecule has 7 fully saturated rings. The zero-order chi connectivity index (χ0) is 49.1. The highest BCUT2D eigenvalue weighted by Crippen LogP contribution is 2.76. The minimum atomic E-state index is -1.86. The molecule has 0 aromatic heterocycles. The third-order valence-corrected chi connectivity index (χ3v) is 19.7. The maximum absolute atomic E-state index is 15.0.